The van der Waals surface area contributed by atoms with Crippen molar-refractivity contribution in [1.29, 1.82) is 0 Å². The zero-order valence-electron chi connectivity index (χ0n) is 18.6. The second kappa shape index (κ2) is 10.1. The minimum atomic E-state index is -0.193. The lowest BCUT2D eigenvalue weighted by Gasteiger charge is -2.31. The molecule has 0 atom stereocenters. The first-order valence-corrected chi connectivity index (χ1v) is 13.2. The maximum atomic E-state index is 13.5. The van der Waals surface area contributed by atoms with Crippen molar-refractivity contribution in [3.05, 3.63) is 82.2 Å². The number of hydrogen-bond acceptors (Lipinski definition) is 6. The number of nitrogens with zero attached hydrogens (tertiary/aromatic N) is 2. The molecule has 0 aromatic heterocycles. The number of thiocarbonyl (C=S) groups is 1. The molecule has 0 N–H and O–H groups in total. The van der Waals surface area contributed by atoms with E-state index in [2.05, 4.69) is 0 Å². The molecule has 1 saturated heterocycles. The molecule has 3 aromatic rings. The van der Waals surface area contributed by atoms with Crippen LogP contribution in [0.25, 0.3) is 6.08 Å². The fourth-order valence-electron chi connectivity index (χ4n) is 3.86. The molecule has 3 aromatic carbocycles. The minimum Gasteiger partial charge on any atom is -0.497 e. The highest BCUT2D eigenvalue weighted by Crippen LogP contribution is 2.49. The van der Waals surface area contributed by atoms with Gasteiger partial charge in [0.05, 0.1) is 23.4 Å². The number of thioether (sulfide) groups is 1. The molecule has 0 radical (unpaired) electrons. The van der Waals surface area contributed by atoms with E-state index in [9.17, 15) is 9.59 Å². The fourth-order valence-corrected chi connectivity index (χ4v) is 6.37. The lowest BCUT2D eigenvalue weighted by atomic mass is 10.2. The number of methoxy groups -OCH3 is 1. The Hall–Kier alpha value is -2.78. The molecule has 176 valence electrons. The molecule has 1 fully saturated rings. The molecule has 5 rings (SSSR count). The van der Waals surface area contributed by atoms with Crippen LogP contribution in [0, 0.1) is 0 Å². The number of anilines is 2. The van der Waals surface area contributed by atoms with E-state index in [1.807, 2.05) is 60.7 Å². The predicted octanol–water partition coefficient (Wildman–Crippen LogP) is 6.77. The Labute approximate surface area is 222 Å². The van der Waals surface area contributed by atoms with Crippen molar-refractivity contribution in [1.82, 2.24) is 4.90 Å². The highest BCUT2D eigenvalue weighted by molar-refractivity contribution is 8.26. The first-order chi connectivity index (χ1) is 16.9. The largest absolute Gasteiger partial charge is 0.497 e. The number of fused-ring (bicyclic) bond motifs is 2. The van der Waals surface area contributed by atoms with Gasteiger partial charge in [-0.25, -0.2) is 0 Å². The Bertz CT molecular complexity index is 1370. The second-order valence-electron chi connectivity index (χ2n) is 7.77. The summed E-state index contributed by atoms with van der Waals surface area (Å²) in [5.74, 6) is 0.421. The van der Waals surface area contributed by atoms with Crippen LogP contribution in [-0.4, -0.2) is 34.7 Å². The summed E-state index contributed by atoms with van der Waals surface area (Å²) in [6.45, 7) is 0.200. The summed E-state index contributed by atoms with van der Waals surface area (Å²) >= 11 is 14.6. The van der Waals surface area contributed by atoms with Crippen LogP contribution in [0.5, 0.6) is 5.75 Å². The van der Waals surface area contributed by atoms with Crippen LogP contribution in [0.1, 0.15) is 12.0 Å². The quantitative estimate of drug-likeness (QED) is 0.264. The SMILES string of the molecule is COc1ccc(/C=C2\SC(=S)N(CCC(=O)N3c4ccccc4Sc4ccc(Cl)cc43)C2=O)cc1. The molecule has 0 aliphatic carbocycles. The third-order valence-electron chi connectivity index (χ3n) is 5.57. The monoisotopic (exact) mass is 538 g/mol. The summed E-state index contributed by atoms with van der Waals surface area (Å²) in [7, 11) is 1.61. The summed E-state index contributed by atoms with van der Waals surface area (Å²) in [6, 6.07) is 20.7. The number of carbonyl (C=O) groups excluding carboxylic acids is 2. The van der Waals surface area contributed by atoms with Crippen LogP contribution in [0.15, 0.2) is 81.4 Å². The average Bonchev–Trinajstić information content (AvgIpc) is 3.13. The Morgan fingerprint density at radius 2 is 1.77 bits per heavy atom. The van der Waals surface area contributed by atoms with Gasteiger partial charge in [0.2, 0.25) is 5.91 Å². The molecule has 2 aliphatic rings. The standard InChI is InChI=1S/C26H19ClN2O3S3/c1-32-18-9-6-16(7-10-18)14-23-25(31)28(26(33)35-23)13-12-24(30)29-19-4-2-3-5-21(19)34-22-11-8-17(27)15-20(22)29/h2-11,14-15H,12-13H2,1H3/b23-14-. The van der Waals surface area contributed by atoms with Crippen LogP contribution in [-0.2, 0) is 9.59 Å². The van der Waals surface area contributed by atoms with E-state index in [-0.39, 0.29) is 24.8 Å². The number of rotatable bonds is 5. The highest BCUT2D eigenvalue weighted by Gasteiger charge is 2.34. The number of amides is 2. The van der Waals surface area contributed by atoms with Crippen LogP contribution in [0.2, 0.25) is 5.02 Å². The third-order valence-corrected chi connectivity index (χ3v) is 8.32. The van der Waals surface area contributed by atoms with E-state index in [1.165, 1.54) is 16.7 Å². The molecule has 9 heteroatoms. The lowest BCUT2D eigenvalue weighted by Crippen LogP contribution is -2.35. The van der Waals surface area contributed by atoms with Crippen LogP contribution >= 0.6 is 47.3 Å². The highest BCUT2D eigenvalue weighted by atomic mass is 35.5. The molecule has 2 heterocycles. The van der Waals surface area contributed by atoms with Crippen LogP contribution < -0.4 is 9.64 Å². The van der Waals surface area contributed by atoms with Gasteiger partial charge in [0.15, 0.2) is 0 Å². The number of para-hydroxylation sites is 1. The number of carbonyl (C=O) groups is 2. The number of ether oxygens (including phenoxy) is 1. The van der Waals surface area contributed by atoms with E-state index in [4.69, 9.17) is 28.6 Å². The maximum Gasteiger partial charge on any atom is 0.266 e. The summed E-state index contributed by atoms with van der Waals surface area (Å²) in [6.07, 6.45) is 1.92. The molecule has 0 unspecified atom stereocenters. The maximum absolute atomic E-state index is 13.5. The smallest absolute Gasteiger partial charge is 0.266 e. The van der Waals surface area contributed by atoms with Crippen LogP contribution in [0.4, 0.5) is 11.4 Å². The van der Waals surface area contributed by atoms with Gasteiger partial charge in [-0.2, -0.15) is 0 Å². The minimum absolute atomic E-state index is 0.118. The van der Waals surface area contributed by atoms with Gasteiger partial charge in [-0.1, -0.05) is 71.6 Å². The van der Waals surface area contributed by atoms with Crippen LogP contribution in [0.3, 0.4) is 0 Å². The van der Waals surface area contributed by atoms with Gasteiger partial charge in [-0.3, -0.25) is 19.4 Å². The van der Waals surface area contributed by atoms with Crippen molar-refractivity contribution in [2.24, 2.45) is 0 Å². The van der Waals surface area contributed by atoms with Gasteiger partial charge >= 0.3 is 0 Å². The van der Waals surface area contributed by atoms with Crippen molar-refractivity contribution >= 4 is 80.9 Å². The summed E-state index contributed by atoms with van der Waals surface area (Å²) in [5, 5.41) is 0.558. The topological polar surface area (TPSA) is 49.9 Å². The molecular weight excluding hydrogens is 520 g/mol. The Morgan fingerprint density at radius 1 is 1.03 bits per heavy atom. The van der Waals surface area contributed by atoms with E-state index < -0.39 is 0 Å². The molecule has 0 spiro atoms. The van der Waals surface area contributed by atoms with Gasteiger partial charge in [0.25, 0.3) is 5.91 Å². The summed E-state index contributed by atoms with van der Waals surface area (Å²) in [5.41, 5.74) is 2.43. The van der Waals surface area contributed by atoms with Crippen molar-refractivity contribution in [2.75, 3.05) is 18.6 Å². The normalized spacial score (nSPS) is 15.9. The summed E-state index contributed by atoms with van der Waals surface area (Å²) < 4.78 is 5.63. The third kappa shape index (κ3) is 4.84. The molecule has 35 heavy (non-hydrogen) atoms. The first kappa shape index (κ1) is 23.9. The Morgan fingerprint density at radius 3 is 2.54 bits per heavy atom. The summed E-state index contributed by atoms with van der Waals surface area (Å²) in [4.78, 5) is 32.2. The molecular formula is C26H19ClN2O3S3. The first-order valence-electron chi connectivity index (χ1n) is 10.7. The average molecular weight is 539 g/mol. The van der Waals surface area contributed by atoms with E-state index in [0.29, 0.717) is 14.2 Å². The van der Waals surface area contributed by atoms with Gasteiger partial charge in [0.1, 0.15) is 10.1 Å². The zero-order valence-corrected chi connectivity index (χ0v) is 21.8. The van der Waals surface area contributed by atoms with E-state index in [0.717, 1.165) is 32.5 Å². The van der Waals surface area contributed by atoms with Crippen molar-refractivity contribution in [2.45, 2.75) is 16.2 Å². The predicted molar refractivity (Wildman–Crippen MR) is 147 cm³/mol. The number of halogens is 1. The van der Waals surface area contributed by atoms with Gasteiger partial charge in [-0.05, 0) is 54.1 Å². The number of benzene rings is 3. The van der Waals surface area contributed by atoms with Crippen molar-refractivity contribution in [3.8, 4) is 5.75 Å². The zero-order chi connectivity index (χ0) is 24.5. The fraction of sp³-hybridized carbons (Fsp3) is 0.115. The molecule has 0 bridgehead atoms. The van der Waals surface area contributed by atoms with Gasteiger partial charge in [0, 0.05) is 27.8 Å². The van der Waals surface area contributed by atoms with E-state index >= 15 is 0 Å². The second-order valence-corrected chi connectivity index (χ2v) is 11.0. The van der Waals surface area contributed by atoms with E-state index in [1.54, 1.807) is 35.9 Å². The molecule has 0 saturated carbocycles. The van der Waals surface area contributed by atoms with Gasteiger partial charge in [-0.15, -0.1) is 0 Å². The van der Waals surface area contributed by atoms with Crippen molar-refractivity contribution < 1.29 is 14.3 Å². The Kier molecular flexibility index (Phi) is 6.88. The lowest BCUT2D eigenvalue weighted by molar-refractivity contribution is -0.123. The molecule has 2 amide bonds. The Balaban J connectivity index is 1.34. The number of hydrogen-bond donors (Lipinski definition) is 0. The van der Waals surface area contributed by atoms with Crippen molar-refractivity contribution in [3.63, 3.8) is 0 Å². The van der Waals surface area contributed by atoms with Gasteiger partial charge < -0.3 is 4.74 Å². The molecule has 2 aliphatic heterocycles. The molecule has 5 nitrogen and oxygen atoms in total.